The highest BCUT2D eigenvalue weighted by Gasteiger charge is 2.36. The first kappa shape index (κ1) is 13.2. The first-order chi connectivity index (χ1) is 4.69. The lowest BCUT2D eigenvalue weighted by atomic mass is 10.6. The minimum absolute atomic E-state index is 0.191. The maximum Gasteiger partial charge on any atom is 0.0822 e. The summed E-state index contributed by atoms with van der Waals surface area (Å²) in [5, 5.41) is 0. The van der Waals surface area contributed by atoms with Gasteiger partial charge in [-0.15, -0.1) is 0 Å². The van der Waals surface area contributed by atoms with Crippen LogP contribution in [-0.4, -0.2) is 10.8 Å². The van der Waals surface area contributed by atoms with E-state index in [1.807, 2.05) is 6.92 Å². The van der Waals surface area contributed by atoms with Crippen molar-refractivity contribution >= 4 is 69.5 Å². The molecule has 0 saturated heterocycles. The second kappa shape index (κ2) is 4.59. The van der Waals surface area contributed by atoms with E-state index in [2.05, 4.69) is 0 Å². The first-order valence-electron chi connectivity index (χ1n) is 2.77. The number of halogens is 5. The highest BCUT2D eigenvalue weighted by atomic mass is 36.2. The van der Waals surface area contributed by atoms with Gasteiger partial charge in [-0.05, 0) is 66.1 Å². The van der Waals surface area contributed by atoms with Gasteiger partial charge in [0.25, 0.3) is 0 Å². The molecule has 0 radical (unpaired) electrons. The van der Waals surface area contributed by atoms with Crippen LogP contribution in [0.15, 0.2) is 0 Å². The third-order valence-electron chi connectivity index (χ3n) is 1.09. The van der Waals surface area contributed by atoms with E-state index in [4.69, 9.17) is 53.4 Å². The zero-order valence-corrected chi connectivity index (χ0v) is 11.4. The van der Waals surface area contributed by atoms with Crippen LogP contribution in [0.3, 0.4) is 0 Å². The third kappa shape index (κ3) is 4.80. The van der Waals surface area contributed by atoms with Gasteiger partial charge in [0.2, 0.25) is 0 Å². The molecule has 0 aromatic rings. The molecular weight excluding hydrogens is 289 g/mol. The standard InChI is InChI=1S/C4H9Cl5S2/c1-3-4(10(2,5)6)11(7,8)9/h4H,3H2,1-2H3. The molecule has 0 nitrogen and oxygen atoms in total. The summed E-state index contributed by atoms with van der Waals surface area (Å²) in [4.78, 5) is 0. The van der Waals surface area contributed by atoms with Gasteiger partial charge in [-0.1, -0.05) is 15.4 Å². The predicted molar refractivity (Wildman–Crippen MR) is 64.5 cm³/mol. The first-order valence-corrected chi connectivity index (χ1v) is 10.7. The lowest BCUT2D eigenvalue weighted by Gasteiger charge is -2.36. The Kier molecular flexibility index (Phi) is 5.48. The van der Waals surface area contributed by atoms with Gasteiger partial charge in [-0.2, -0.15) is 0 Å². The van der Waals surface area contributed by atoms with Gasteiger partial charge in [0.1, 0.15) is 0 Å². The van der Waals surface area contributed by atoms with Crippen LogP contribution in [0.25, 0.3) is 0 Å². The summed E-state index contributed by atoms with van der Waals surface area (Å²) in [6.07, 6.45) is 2.42. The van der Waals surface area contributed by atoms with Gasteiger partial charge >= 0.3 is 0 Å². The largest absolute Gasteiger partial charge is 0.0822 e. The highest BCUT2D eigenvalue weighted by molar-refractivity contribution is 8.86. The van der Waals surface area contributed by atoms with E-state index in [0.29, 0.717) is 6.42 Å². The van der Waals surface area contributed by atoms with Crippen LogP contribution >= 0.6 is 69.5 Å². The maximum atomic E-state index is 5.90. The average molecular weight is 299 g/mol. The molecule has 0 spiro atoms. The number of hydrogen-bond acceptors (Lipinski definition) is 0. The molecule has 0 heterocycles. The van der Waals surface area contributed by atoms with Gasteiger partial charge in [0.15, 0.2) is 0 Å². The zero-order chi connectivity index (χ0) is 9.28. The summed E-state index contributed by atoms with van der Waals surface area (Å²) in [6.45, 7) is 1.91. The van der Waals surface area contributed by atoms with E-state index in [1.54, 1.807) is 6.26 Å². The fourth-order valence-electron chi connectivity index (χ4n) is 0.673. The highest BCUT2D eigenvalue weighted by Crippen LogP contribution is 2.80. The molecule has 0 aliphatic carbocycles. The predicted octanol–water partition coefficient (Wildman–Crippen LogP) is 5.73. The Morgan fingerprint density at radius 1 is 1.09 bits per heavy atom. The molecule has 1 unspecified atom stereocenters. The van der Waals surface area contributed by atoms with E-state index in [-0.39, 0.29) is 4.58 Å². The zero-order valence-electron chi connectivity index (χ0n) is 5.99. The van der Waals surface area contributed by atoms with E-state index >= 15 is 0 Å². The van der Waals surface area contributed by atoms with Crippen molar-refractivity contribution in [2.75, 3.05) is 6.26 Å². The molecule has 0 aromatic heterocycles. The Balaban J connectivity index is 4.43. The fourth-order valence-corrected chi connectivity index (χ4v) is 13.0. The van der Waals surface area contributed by atoms with Crippen molar-refractivity contribution in [3.63, 3.8) is 0 Å². The second-order valence-corrected chi connectivity index (χ2v) is 16.1. The molecule has 0 aliphatic rings. The molecule has 0 amide bonds. The second-order valence-electron chi connectivity index (χ2n) is 2.06. The average Bonchev–Trinajstić information content (AvgIpc) is 1.56. The summed E-state index contributed by atoms with van der Waals surface area (Å²) >= 11 is 0. The van der Waals surface area contributed by atoms with Gasteiger partial charge in [-0.25, -0.2) is 0 Å². The van der Waals surface area contributed by atoms with Crippen molar-refractivity contribution in [2.24, 2.45) is 0 Å². The molecule has 0 bridgehead atoms. The SMILES string of the molecule is CCC(S(C)(Cl)Cl)S(Cl)(Cl)Cl. The smallest absolute Gasteiger partial charge is 0.0731 e. The van der Waals surface area contributed by atoms with E-state index < -0.39 is 16.1 Å². The minimum atomic E-state index is -2.18. The van der Waals surface area contributed by atoms with Crippen molar-refractivity contribution in [2.45, 2.75) is 17.9 Å². The van der Waals surface area contributed by atoms with Gasteiger partial charge in [0.05, 0.1) is 4.58 Å². The van der Waals surface area contributed by atoms with Gasteiger partial charge in [0, 0.05) is 7.67 Å². The minimum Gasteiger partial charge on any atom is -0.0731 e. The molecule has 0 N–H and O–H groups in total. The summed E-state index contributed by atoms with van der Waals surface area (Å²) in [5.41, 5.74) is 0. The monoisotopic (exact) mass is 296 g/mol. The van der Waals surface area contributed by atoms with Crippen molar-refractivity contribution in [3.8, 4) is 0 Å². The topological polar surface area (TPSA) is 0 Å². The van der Waals surface area contributed by atoms with Crippen molar-refractivity contribution in [1.82, 2.24) is 0 Å². The Hall–Kier alpha value is 2.15. The fraction of sp³-hybridized carbons (Fsp3) is 1.00. The Bertz CT molecular complexity index is 111. The summed E-state index contributed by atoms with van der Waals surface area (Å²) in [7, 11) is 25.1. The van der Waals surface area contributed by atoms with Crippen LogP contribution < -0.4 is 0 Å². The van der Waals surface area contributed by atoms with Crippen LogP contribution in [0.1, 0.15) is 13.3 Å². The molecule has 72 valence electrons. The molecule has 1 atom stereocenters. The van der Waals surface area contributed by atoms with E-state index in [1.165, 1.54) is 0 Å². The van der Waals surface area contributed by atoms with Crippen LogP contribution in [0.5, 0.6) is 0 Å². The molecule has 0 aliphatic heterocycles. The molecule has 0 fully saturated rings. The molecule has 0 rings (SSSR count). The van der Waals surface area contributed by atoms with Gasteiger partial charge < -0.3 is 0 Å². The van der Waals surface area contributed by atoms with E-state index in [0.717, 1.165) is 0 Å². The van der Waals surface area contributed by atoms with Crippen molar-refractivity contribution in [1.29, 1.82) is 0 Å². The summed E-state index contributed by atoms with van der Waals surface area (Å²) in [5.74, 6) is 0. The summed E-state index contributed by atoms with van der Waals surface area (Å²) < 4.78 is -0.191. The Morgan fingerprint density at radius 3 is 1.45 bits per heavy atom. The van der Waals surface area contributed by atoms with E-state index in [9.17, 15) is 0 Å². The number of hydrogen-bond donors (Lipinski definition) is 0. The molecular formula is C4H9Cl5S2. The lowest BCUT2D eigenvalue weighted by Crippen LogP contribution is -2.07. The lowest BCUT2D eigenvalue weighted by molar-refractivity contribution is 1.06. The van der Waals surface area contributed by atoms with Crippen molar-refractivity contribution in [3.05, 3.63) is 0 Å². The normalized spacial score (nSPS) is 19.5. The number of rotatable bonds is 3. The van der Waals surface area contributed by atoms with Crippen LogP contribution in [0.4, 0.5) is 0 Å². The van der Waals surface area contributed by atoms with Crippen LogP contribution in [0.2, 0.25) is 0 Å². The Labute approximate surface area is 93.0 Å². The Morgan fingerprint density at radius 2 is 1.45 bits per heavy atom. The quantitative estimate of drug-likeness (QED) is 0.624. The molecule has 11 heavy (non-hydrogen) atoms. The summed E-state index contributed by atoms with van der Waals surface area (Å²) in [6, 6.07) is 0. The molecule has 0 saturated carbocycles. The third-order valence-corrected chi connectivity index (χ3v) is 10.1. The maximum absolute atomic E-state index is 5.90. The van der Waals surface area contributed by atoms with Crippen LogP contribution in [-0.2, 0) is 0 Å². The molecule has 0 aromatic carbocycles. The van der Waals surface area contributed by atoms with Gasteiger partial charge in [-0.3, -0.25) is 0 Å². The van der Waals surface area contributed by atoms with Crippen molar-refractivity contribution < 1.29 is 0 Å². The molecule has 7 heteroatoms. The van der Waals surface area contributed by atoms with Crippen LogP contribution in [0, 0.1) is 0 Å².